The monoisotopic (exact) mass is 952 g/mol. The van der Waals surface area contributed by atoms with Gasteiger partial charge in [0.15, 0.2) is 16.9 Å². The van der Waals surface area contributed by atoms with Crippen LogP contribution in [0.4, 0.5) is 10.5 Å². The lowest BCUT2D eigenvalue weighted by molar-refractivity contribution is -0.147. The Morgan fingerprint density at radius 2 is 1.39 bits per heavy atom. The molecule has 3 aliphatic rings. The van der Waals surface area contributed by atoms with Crippen LogP contribution in [0.1, 0.15) is 52.8 Å². The number of amides is 3. The minimum atomic E-state index is -0.663. The SMILES string of the molecule is C.C.C.CCN=C1O/C(=C/c2ccc(N(C)C)c(OC)c2)C(=O)N1CC.COc1ccc(/C=C2/OC(=O)N(C)C2=O)c2ccccc12.COc1ccc(/C=c2/oc3n(c2=O)CC(=O)ON=3)c(OC)c1. The van der Waals surface area contributed by atoms with Crippen molar-refractivity contribution in [3.05, 3.63) is 122 Å². The number of carbonyl (C=O) groups is 4. The highest BCUT2D eigenvalue weighted by Crippen LogP contribution is 2.32. The predicted molar refractivity (Wildman–Crippen MR) is 263 cm³/mol. The second-order valence-electron chi connectivity index (χ2n) is 14.3. The van der Waals surface area contributed by atoms with E-state index < -0.39 is 23.5 Å². The maximum atomic E-state index is 12.4. The summed E-state index contributed by atoms with van der Waals surface area (Å²) in [5, 5.41) is 5.29. The van der Waals surface area contributed by atoms with Crippen molar-refractivity contribution in [2.75, 3.05) is 67.6 Å². The lowest BCUT2D eigenvalue weighted by Gasteiger charge is -2.16. The largest absolute Gasteiger partial charge is 0.497 e. The van der Waals surface area contributed by atoms with Gasteiger partial charge in [-0.2, -0.15) is 0 Å². The van der Waals surface area contributed by atoms with E-state index >= 15 is 0 Å². The maximum absolute atomic E-state index is 12.4. The second-order valence-corrected chi connectivity index (χ2v) is 14.3. The van der Waals surface area contributed by atoms with E-state index in [0.717, 1.165) is 48.6 Å². The number of aromatic nitrogens is 1. The zero-order valence-corrected chi connectivity index (χ0v) is 37.8. The molecule has 0 spiro atoms. The highest BCUT2D eigenvalue weighted by Gasteiger charge is 2.34. The van der Waals surface area contributed by atoms with Crippen molar-refractivity contribution in [2.45, 2.75) is 42.7 Å². The van der Waals surface area contributed by atoms with Gasteiger partial charge in [-0.05, 0) is 84.1 Å². The van der Waals surface area contributed by atoms with Crippen LogP contribution < -0.4 is 40.5 Å². The minimum absolute atomic E-state index is 0. The average Bonchev–Trinajstić information content (AvgIpc) is 3.89. The van der Waals surface area contributed by atoms with Crippen molar-refractivity contribution in [2.24, 2.45) is 10.1 Å². The Labute approximate surface area is 400 Å². The normalized spacial score (nSPS) is 15.5. The molecule has 8 rings (SSSR count). The molecule has 3 amide bonds. The Balaban J connectivity index is 0.000000268. The number of aliphatic imine (C=N–C) groups is 1. The summed E-state index contributed by atoms with van der Waals surface area (Å²) in [6.45, 7) is 4.66. The first-order chi connectivity index (χ1) is 31.7. The van der Waals surface area contributed by atoms with Gasteiger partial charge >= 0.3 is 17.7 Å². The summed E-state index contributed by atoms with van der Waals surface area (Å²) >= 11 is 0. The van der Waals surface area contributed by atoms with Crippen molar-refractivity contribution in [1.29, 1.82) is 0 Å². The number of hydrogen-bond donors (Lipinski definition) is 0. The second kappa shape index (κ2) is 24.4. The number of cyclic esters (lactones) is 1. The van der Waals surface area contributed by atoms with E-state index in [-0.39, 0.29) is 57.4 Å². The molecule has 5 aromatic rings. The Morgan fingerprint density at radius 1 is 0.725 bits per heavy atom. The molecule has 2 fully saturated rings. The number of imide groups is 1. The van der Waals surface area contributed by atoms with E-state index in [1.54, 1.807) is 51.7 Å². The smallest absolute Gasteiger partial charge is 0.422 e. The number of anilines is 1. The molecule has 0 atom stereocenters. The number of likely N-dealkylation sites (N-methyl/N-ethyl adjacent to an activating group) is 2. The number of ether oxygens (including phenoxy) is 6. The van der Waals surface area contributed by atoms with Crippen molar-refractivity contribution >= 4 is 64.6 Å². The summed E-state index contributed by atoms with van der Waals surface area (Å²) in [6.07, 6.45) is 4.13. The van der Waals surface area contributed by atoms with E-state index in [2.05, 4.69) is 15.0 Å². The van der Waals surface area contributed by atoms with Gasteiger partial charge in [0.2, 0.25) is 0 Å². The third kappa shape index (κ3) is 12.2. The van der Waals surface area contributed by atoms with Crippen LogP contribution in [0.2, 0.25) is 0 Å². The van der Waals surface area contributed by atoms with Crippen molar-refractivity contribution in [3.8, 4) is 23.0 Å². The Bertz CT molecular complexity index is 2970. The average molecular weight is 953 g/mol. The van der Waals surface area contributed by atoms with Crippen LogP contribution in [0.15, 0.2) is 104 Å². The Hall–Kier alpha value is -8.35. The summed E-state index contributed by atoms with van der Waals surface area (Å²) in [4.78, 5) is 72.1. The fourth-order valence-electron chi connectivity index (χ4n) is 6.67. The number of methoxy groups -OCH3 is 4. The summed E-state index contributed by atoms with van der Waals surface area (Å²) in [7, 11) is 11.6. The molecule has 0 radical (unpaired) electrons. The van der Waals surface area contributed by atoms with Crippen LogP contribution in [0, 0.1) is 0 Å². The van der Waals surface area contributed by atoms with E-state index in [9.17, 15) is 24.0 Å². The first-order valence-electron chi connectivity index (χ1n) is 20.3. The highest BCUT2D eigenvalue weighted by molar-refractivity contribution is 6.12. The third-order valence-electron chi connectivity index (χ3n) is 10.0. The molecule has 0 N–H and O–H groups in total. The summed E-state index contributed by atoms with van der Waals surface area (Å²) < 4.78 is 38.1. The first-order valence-corrected chi connectivity index (χ1v) is 20.3. The van der Waals surface area contributed by atoms with Gasteiger partial charge in [0.05, 0.1) is 34.1 Å². The predicted octanol–water partition coefficient (Wildman–Crippen LogP) is 6.44. The van der Waals surface area contributed by atoms with Gasteiger partial charge in [0.25, 0.3) is 23.4 Å². The van der Waals surface area contributed by atoms with Crippen LogP contribution in [0.3, 0.4) is 0 Å². The number of rotatable bonds is 10. The lowest BCUT2D eigenvalue weighted by Crippen LogP contribution is -2.37. The zero-order chi connectivity index (χ0) is 47.7. The third-order valence-corrected chi connectivity index (χ3v) is 10.0. The fraction of sp³-hybridized carbons (Fsp3) is 0.300. The lowest BCUT2D eigenvalue weighted by atomic mass is 10.0. The molecule has 19 nitrogen and oxygen atoms in total. The quantitative estimate of drug-likeness (QED) is 0.109. The van der Waals surface area contributed by atoms with Gasteiger partial charge in [-0.25, -0.2) is 24.0 Å². The number of carbonyl (C=O) groups excluding carboxylic acids is 4. The molecule has 4 heterocycles. The molecular weight excluding hydrogens is 893 g/mol. The van der Waals surface area contributed by atoms with Gasteiger partial charge in [0.1, 0.15) is 29.5 Å². The Morgan fingerprint density at radius 3 is 2.00 bits per heavy atom. The maximum Gasteiger partial charge on any atom is 0.422 e. The molecular formula is C50H60N6O13. The number of benzene rings is 4. The van der Waals surface area contributed by atoms with E-state index in [0.29, 0.717) is 36.2 Å². The summed E-state index contributed by atoms with van der Waals surface area (Å²) in [5.41, 5.74) is 2.73. The number of nitrogens with zero attached hydrogens (tertiary/aromatic N) is 6. The van der Waals surface area contributed by atoms with E-state index in [1.165, 1.54) is 25.1 Å². The van der Waals surface area contributed by atoms with Crippen molar-refractivity contribution in [1.82, 2.24) is 14.4 Å². The number of hydrogen-bond acceptors (Lipinski definition) is 16. The molecule has 0 saturated carbocycles. The van der Waals surface area contributed by atoms with Crippen LogP contribution >= 0.6 is 0 Å². The number of amidine groups is 1. The van der Waals surface area contributed by atoms with E-state index in [4.69, 9.17) is 32.8 Å². The molecule has 2 saturated heterocycles. The topological polar surface area (TPSA) is 202 Å². The van der Waals surface area contributed by atoms with Gasteiger partial charge in [-0.1, -0.05) is 58.7 Å². The summed E-state index contributed by atoms with van der Waals surface area (Å²) in [5.74, 6) is 1.70. The van der Waals surface area contributed by atoms with Crippen LogP contribution in [-0.4, -0.2) is 107 Å². The molecule has 3 aliphatic heterocycles. The summed E-state index contributed by atoms with van der Waals surface area (Å²) in [6, 6.07) is 22.6. The zero-order valence-electron chi connectivity index (χ0n) is 37.8. The van der Waals surface area contributed by atoms with Gasteiger partial charge < -0.3 is 42.6 Å². The van der Waals surface area contributed by atoms with Crippen LogP contribution in [0.25, 0.3) is 29.0 Å². The van der Waals surface area contributed by atoms with E-state index in [1.807, 2.05) is 87.4 Å². The van der Waals surface area contributed by atoms with Crippen LogP contribution in [0.5, 0.6) is 23.0 Å². The van der Waals surface area contributed by atoms with Crippen molar-refractivity contribution < 1.29 is 56.9 Å². The Kier molecular flexibility index (Phi) is 19.5. The van der Waals surface area contributed by atoms with Gasteiger partial charge in [-0.3, -0.25) is 19.3 Å². The van der Waals surface area contributed by atoms with Gasteiger partial charge in [-0.15, -0.1) is 0 Å². The number of fused-ring (bicyclic) bond motifs is 2. The standard InChI is InChI=1S/C17H23N3O3.C16H13NO4.C14H12N2O6.3CH4/c1-6-18-17-20(7-2)16(21)15(23-17)11-12-8-9-13(19(3)4)14(10-12)22-5;1-17-15(18)14(21-16(17)19)9-10-7-8-13(20-2)12-6-4-3-5-11(10)12;1-19-9-4-3-8(10(6-9)20-2)5-11-13(18)16-7-12(17)22-15-14(16)21-11;;;/h8-11H,6-7H2,1-5H3;3-9H,1-2H3;3-6H,7H2,1-2H3;3*1H4/b15-11+,18-17?;14-9+;11-5+;;;. The molecule has 0 aliphatic carbocycles. The van der Waals surface area contributed by atoms with Crippen LogP contribution in [-0.2, 0) is 35.2 Å². The number of oxazole rings is 1. The molecule has 0 unspecified atom stereocenters. The highest BCUT2D eigenvalue weighted by atomic mass is 16.7. The molecule has 69 heavy (non-hydrogen) atoms. The molecule has 4 aromatic carbocycles. The molecule has 368 valence electrons. The van der Waals surface area contributed by atoms with Crippen molar-refractivity contribution in [3.63, 3.8) is 0 Å². The minimum Gasteiger partial charge on any atom is -0.497 e. The first kappa shape index (κ1) is 55.0. The van der Waals surface area contributed by atoms with Gasteiger partial charge in [0, 0.05) is 51.2 Å². The molecule has 0 bridgehead atoms. The fourth-order valence-corrected chi connectivity index (χ4v) is 6.67. The molecule has 1 aromatic heterocycles. The molecule has 19 heteroatoms.